The maximum absolute atomic E-state index is 12.4. The summed E-state index contributed by atoms with van der Waals surface area (Å²) in [5, 5.41) is 2.98. The lowest BCUT2D eigenvalue weighted by atomic mass is 9.97. The zero-order valence-electron chi connectivity index (χ0n) is 16.0. The molecule has 0 radical (unpaired) electrons. The van der Waals surface area contributed by atoms with Crippen molar-refractivity contribution in [3.63, 3.8) is 0 Å². The molecule has 1 aliphatic rings. The van der Waals surface area contributed by atoms with Crippen LogP contribution >= 0.6 is 0 Å². The fraction of sp³-hybridized carbons (Fsp3) is 0.409. The number of benzene rings is 2. The molecule has 3 rings (SSSR count). The molecule has 26 heavy (non-hydrogen) atoms. The summed E-state index contributed by atoms with van der Waals surface area (Å²) in [6.45, 7) is 8.36. The molecular weight excluding hydrogens is 326 g/mol. The molecule has 0 spiro atoms. The van der Waals surface area contributed by atoms with E-state index in [0.717, 1.165) is 35.4 Å². The van der Waals surface area contributed by atoms with E-state index in [4.69, 9.17) is 9.47 Å². The Balaban J connectivity index is 1.66. The van der Waals surface area contributed by atoms with Gasteiger partial charge in [0.2, 0.25) is 0 Å². The van der Waals surface area contributed by atoms with Crippen LogP contribution in [0.2, 0.25) is 0 Å². The van der Waals surface area contributed by atoms with Crippen LogP contribution in [-0.4, -0.2) is 18.1 Å². The smallest absolute Gasteiger partial charge is 0.262 e. The zero-order valence-corrected chi connectivity index (χ0v) is 16.0. The highest BCUT2D eigenvalue weighted by Crippen LogP contribution is 2.41. The molecule has 0 saturated heterocycles. The molecule has 0 bridgehead atoms. The van der Waals surface area contributed by atoms with E-state index in [9.17, 15) is 4.79 Å². The topological polar surface area (TPSA) is 47.6 Å². The number of ether oxygens (including phenoxy) is 2. The Kier molecular flexibility index (Phi) is 5.21. The van der Waals surface area contributed by atoms with Gasteiger partial charge in [-0.3, -0.25) is 4.79 Å². The Morgan fingerprint density at radius 2 is 2.00 bits per heavy atom. The SMILES string of the molecule is CC[C@@H](C)c1ccccc1NC(=O)COc1cccc2c1OC(C)(C)C2. The van der Waals surface area contributed by atoms with Crippen molar-refractivity contribution in [2.24, 2.45) is 0 Å². The second kappa shape index (κ2) is 7.40. The summed E-state index contributed by atoms with van der Waals surface area (Å²) in [7, 11) is 0. The molecule has 0 saturated carbocycles. The molecule has 4 heteroatoms. The van der Waals surface area contributed by atoms with Gasteiger partial charge in [0.15, 0.2) is 18.1 Å². The fourth-order valence-corrected chi connectivity index (χ4v) is 3.29. The summed E-state index contributed by atoms with van der Waals surface area (Å²) in [6, 6.07) is 13.8. The number of carbonyl (C=O) groups excluding carboxylic acids is 1. The Hall–Kier alpha value is -2.49. The number of amides is 1. The van der Waals surface area contributed by atoms with Crippen LogP contribution in [0.5, 0.6) is 11.5 Å². The highest BCUT2D eigenvalue weighted by molar-refractivity contribution is 5.92. The number of nitrogens with one attached hydrogen (secondary N) is 1. The summed E-state index contributed by atoms with van der Waals surface area (Å²) in [6.07, 6.45) is 1.86. The first-order valence-corrected chi connectivity index (χ1v) is 9.22. The molecular formula is C22H27NO3. The fourth-order valence-electron chi connectivity index (χ4n) is 3.29. The van der Waals surface area contributed by atoms with E-state index in [0.29, 0.717) is 11.7 Å². The van der Waals surface area contributed by atoms with Gasteiger partial charge in [0.1, 0.15) is 5.60 Å². The van der Waals surface area contributed by atoms with Crippen molar-refractivity contribution < 1.29 is 14.3 Å². The van der Waals surface area contributed by atoms with E-state index in [2.05, 4.69) is 39.1 Å². The van der Waals surface area contributed by atoms with E-state index in [1.165, 1.54) is 0 Å². The number of rotatable bonds is 6. The van der Waals surface area contributed by atoms with Gasteiger partial charge in [0.25, 0.3) is 5.91 Å². The van der Waals surface area contributed by atoms with Crippen molar-refractivity contribution in [2.75, 3.05) is 11.9 Å². The highest BCUT2D eigenvalue weighted by Gasteiger charge is 2.32. The zero-order chi connectivity index (χ0) is 18.7. The molecule has 0 aliphatic carbocycles. The van der Waals surface area contributed by atoms with Crippen LogP contribution in [0.15, 0.2) is 42.5 Å². The number of para-hydroxylation sites is 2. The first-order chi connectivity index (χ1) is 12.4. The third-order valence-corrected chi connectivity index (χ3v) is 4.79. The molecule has 1 aliphatic heterocycles. The van der Waals surface area contributed by atoms with Crippen molar-refractivity contribution in [2.45, 2.75) is 52.1 Å². The molecule has 1 N–H and O–H groups in total. The van der Waals surface area contributed by atoms with Crippen LogP contribution in [0.3, 0.4) is 0 Å². The second-order valence-corrected chi connectivity index (χ2v) is 7.52. The van der Waals surface area contributed by atoms with E-state index < -0.39 is 0 Å². The minimum atomic E-state index is -0.237. The quantitative estimate of drug-likeness (QED) is 0.801. The van der Waals surface area contributed by atoms with Gasteiger partial charge in [-0.1, -0.05) is 44.2 Å². The van der Waals surface area contributed by atoms with Crippen LogP contribution in [0.25, 0.3) is 0 Å². The third kappa shape index (κ3) is 4.01. The second-order valence-electron chi connectivity index (χ2n) is 7.52. The minimum absolute atomic E-state index is 0.0465. The number of anilines is 1. The molecule has 4 nitrogen and oxygen atoms in total. The summed E-state index contributed by atoms with van der Waals surface area (Å²) in [4.78, 5) is 12.4. The van der Waals surface area contributed by atoms with E-state index in [-0.39, 0.29) is 18.1 Å². The highest BCUT2D eigenvalue weighted by atomic mass is 16.5. The molecule has 2 aromatic rings. The van der Waals surface area contributed by atoms with Gasteiger partial charge in [-0.2, -0.15) is 0 Å². The standard InChI is InChI=1S/C22H27NO3/c1-5-15(2)17-10-6-7-11-18(17)23-20(24)14-25-19-12-8-9-16-13-22(3,4)26-21(16)19/h6-12,15H,5,13-14H2,1-4H3,(H,23,24)/t15-/m1/s1. The van der Waals surface area contributed by atoms with Gasteiger partial charge in [0, 0.05) is 17.7 Å². The van der Waals surface area contributed by atoms with Gasteiger partial charge < -0.3 is 14.8 Å². The van der Waals surface area contributed by atoms with E-state index in [1.807, 2.05) is 36.4 Å². The minimum Gasteiger partial charge on any atom is -0.483 e. The predicted octanol–water partition coefficient (Wildman–Crippen LogP) is 4.93. The summed E-state index contributed by atoms with van der Waals surface area (Å²) < 4.78 is 11.8. The van der Waals surface area contributed by atoms with Gasteiger partial charge >= 0.3 is 0 Å². The van der Waals surface area contributed by atoms with E-state index in [1.54, 1.807) is 0 Å². The molecule has 2 aromatic carbocycles. The average Bonchev–Trinajstić information content (AvgIpc) is 2.94. The maximum Gasteiger partial charge on any atom is 0.262 e. The monoisotopic (exact) mass is 353 g/mol. The van der Waals surface area contributed by atoms with Gasteiger partial charge in [-0.25, -0.2) is 0 Å². The van der Waals surface area contributed by atoms with Crippen LogP contribution in [-0.2, 0) is 11.2 Å². The van der Waals surface area contributed by atoms with Crippen molar-refractivity contribution in [3.05, 3.63) is 53.6 Å². The number of hydrogen-bond acceptors (Lipinski definition) is 3. The molecule has 1 atom stereocenters. The van der Waals surface area contributed by atoms with Crippen molar-refractivity contribution >= 4 is 11.6 Å². The lowest BCUT2D eigenvalue weighted by Gasteiger charge is -2.18. The first kappa shape index (κ1) is 18.3. The Labute approximate surface area is 155 Å². The van der Waals surface area contributed by atoms with Crippen LogP contribution < -0.4 is 14.8 Å². The number of hydrogen-bond donors (Lipinski definition) is 1. The number of fused-ring (bicyclic) bond motifs is 1. The predicted molar refractivity (Wildman–Crippen MR) is 104 cm³/mol. The van der Waals surface area contributed by atoms with Crippen LogP contribution in [0.4, 0.5) is 5.69 Å². The van der Waals surface area contributed by atoms with Crippen molar-refractivity contribution in [3.8, 4) is 11.5 Å². The largest absolute Gasteiger partial charge is 0.483 e. The average molecular weight is 353 g/mol. The molecule has 1 heterocycles. The Morgan fingerprint density at radius 1 is 1.23 bits per heavy atom. The maximum atomic E-state index is 12.4. The van der Waals surface area contributed by atoms with Crippen LogP contribution in [0.1, 0.15) is 51.2 Å². The van der Waals surface area contributed by atoms with Gasteiger partial charge in [-0.05, 0) is 43.9 Å². The van der Waals surface area contributed by atoms with Crippen molar-refractivity contribution in [1.82, 2.24) is 0 Å². The lowest BCUT2D eigenvalue weighted by Crippen LogP contribution is -2.25. The Morgan fingerprint density at radius 3 is 2.77 bits per heavy atom. The summed E-state index contributed by atoms with van der Waals surface area (Å²) in [5.74, 6) is 1.60. The third-order valence-electron chi connectivity index (χ3n) is 4.79. The van der Waals surface area contributed by atoms with E-state index >= 15 is 0 Å². The molecule has 0 fully saturated rings. The lowest BCUT2D eigenvalue weighted by molar-refractivity contribution is -0.118. The van der Waals surface area contributed by atoms with Crippen molar-refractivity contribution in [1.29, 1.82) is 0 Å². The molecule has 0 aromatic heterocycles. The first-order valence-electron chi connectivity index (χ1n) is 9.22. The Bertz CT molecular complexity index is 798. The van der Waals surface area contributed by atoms with Gasteiger partial charge in [0.05, 0.1) is 0 Å². The number of carbonyl (C=O) groups is 1. The molecule has 1 amide bonds. The summed E-state index contributed by atoms with van der Waals surface area (Å²) >= 11 is 0. The summed E-state index contributed by atoms with van der Waals surface area (Å²) in [5.41, 5.74) is 2.88. The normalized spacial score (nSPS) is 15.7. The van der Waals surface area contributed by atoms with Crippen LogP contribution in [0, 0.1) is 0 Å². The molecule has 0 unspecified atom stereocenters. The van der Waals surface area contributed by atoms with Gasteiger partial charge in [-0.15, -0.1) is 0 Å². The molecule has 138 valence electrons.